The first-order chi connectivity index (χ1) is 24.2. The Morgan fingerprint density at radius 2 is 0.898 bits per heavy atom. The SMILES string of the molecule is CC.Clc1ccccc1-c1cnc(-c2ccccc2)c2ccccc12.Clc1ccccc1-c1cnc2c3c(cccc13)Oc1ccccc1-2. The van der Waals surface area contributed by atoms with Gasteiger partial charge in [0.2, 0.25) is 0 Å². The van der Waals surface area contributed by atoms with E-state index in [-0.39, 0.29) is 0 Å². The number of hydrogen-bond donors (Lipinski definition) is 0. The first-order valence-electron chi connectivity index (χ1n) is 16.3. The van der Waals surface area contributed by atoms with Crippen molar-refractivity contribution in [2.24, 2.45) is 0 Å². The van der Waals surface area contributed by atoms with Crippen LogP contribution in [0.15, 0.2) is 158 Å². The van der Waals surface area contributed by atoms with Crippen LogP contribution < -0.4 is 4.74 Å². The molecule has 0 saturated heterocycles. The number of fused-ring (bicyclic) bond motifs is 3. The van der Waals surface area contributed by atoms with Gasteiger partial charge in [-0.1, -0.05) is 152 Å². The van der Waals surface area contributed by atoms with Crippen LogP contribution in [0.25, 0.3) is 66.3 Å². The number of hydrogen-bond acceptors (Lipinski definition) is 3. The molecule has 0 N–H and O–H groups in total. The molecular formula is C44H32Cl2N2O. The highest BCUT2D eigenvalue weighted by Gasteiger charge is 2.22. The van der Waals surface area contributed by atoms with Crippen molar-refractivity contribution in [3.8, 4) is 56.3 Å². The molecule has 0 saturated carbocycles. The lowest BCUT2D eigenvalue weighted by Gasteiger charge is -2.21. The average molecular weight is 676 g/mol. The molecule has 6 aromatic carbocycles. The van der Waals surface area contributed by atoms with Crippen LogP contribution in [0.1, 0.15) is 13.8 Å². The number of pyridine rings is 2. The number of nitrogens with zero attached hydrogens (tertiary/aromatic N) is 2. The summed E-state index contributed by atoms with van der Waals surface area (Å²) in [6.07, 6.45) is 3.83. The lowest BCUT2D eigenvalue weighted by atomic mass is 9.95. The van der Waals surface area contributed by atoms with Gasteiger partial charge in [0.05, 0.1) is 16.8 Å². The van der Waals surface area contributed by atoms with Crippen LogP contribution >= 0.6 is 23.2 Å². The molecule has 0 aliphatic carbocycles. The van der Waals surface area contributed by atoms with Gasteiger partial charge in [0.25, 0.3) is 0 Å². The predicted molar refractivity (Wildman–Crippen MR) is 207 cm³/mol. The zero-order valence-corrected chi connectivity index (χ0v) is 28.6. The fraction of sp³-hybridized carbons (Fsp3) is 0.0455. The van der Waals surface area contributed by atoms with Crippen molar-refractivity contribution in [2.75, 3.05) is 0 Å². The van der Waals surface area contributed by atoms with Gasteiger partial charge in [-0.15, -0.1) is 0 Å². The largest absolute Gasteiger partial charge is 0.456 e. The van der Waals surface area contributed by atoms with Gasteiger partial charge in [-0.25, -0.2) is 0 Å². The van der Waals surface area contributed by atoms with Crippen LogP contribution in [0, 0.1) is 0 Å². The zero-order valence-electron chi connectivity index (χ0n) is 27.1. The normalized spacial score (nSPS) is 11.0. The Morgan fingerprint density at radius 1 is 0.408 bits per heavy atom. The lowest BCUT2D eigenvalue weighted by molar-refractivity contribution is 0.486. The van der Waals surface area contributed by atoms with E-state index in [0.717, 1.165) is 87.9 Å². The minimum Gasteiger partial charge on any atom is -0.456 e. The molecule has 5 heteroatoms. The Kier molecular flexibility index (Phi) is 9.38. The van der Waals surface area contributed by atoms with Crippen molar-refractivity contribution in [1.29, 1.82) is 0 Å². The summed E-state index contributed by atoms with van der Waals surface area (Å²) in [6.45, 7) is 4.00. The van der Waals surface area contributed by atoms with E-state index in [1.54, 1.807) is 0 Å². The number of benzene rings is 6. The van der Waals surface area contributed by atoms with Crippen LogP contribution in [-0.2, 0) is 0 Å². The van der Waals surface area contributed by atoms with Gasteiger partial charge < -0.3 is 4.74 Å². The second-order valence-corrected chi connectivity index (χ2v) is 12.0. The first kappa shape index (κ1) is 32.1. The fourth-order valence-electron chi connectivity index (χ4n) is 6.23. The smallest absolute Gasteiger partial charge is 0.137 e. The molecule has 0 radical (unpaired) electrons. The summed E-state index contributed by atoms with van der Waals surface area (Å²) in [6, 6.07) is 48.4. The van der Waals surface area contributed by atoms with Gasteiger partial charge in [0, 0.05) is 61.2 Å². The van der Waals surface area contributed by atoms with Crippen LogP contribution in [0.4, 0.5) is 0 Å². The van der Waals surface area contributed by atoms with Crippen LogP contribution in [-0.4, -0.2) is 9.97 Å². The third-order valence-corrected chi connectivity index (χ3v) is 9.07. The molecule has 8 aromatic rings. The average Bonchev–Trinajstić information content (AvgIpc) is 3.17. The van der Waals surface area contributed by atoms with E-state index in [9.17, 15) is 0 Å². The third-order valence-electron chi connectivity index (χ3n) is 8.41. The summed E-state index contributed by atoms with van der Waals surface area (Å²) in [5.74, 6) is 1.68. The summed E-state index contributed by atoms with van der Waals surface area (Å²) in [4.78, 5) is 9.49. The van der Waals surface area contributed by atoms with Gasteiger partial charge in [-0.2, -0.15) is 0 Å². The van der Waals surface area contributed by atoms with Crippen LogP contribution in [0.2, 0.25) is 10.0 Å². The number of para-hydroxylation sites is 1. The van der Waals surface area contributed by atoms with E-state index >= 15 is 0 Å². The van der Waals surface area contributed by atoms with Gasteiger partial charge >= 0.3 is 0 Å². The molecule has 0 amide bonds. The van der Waals surface area contributed by atoms with E-state index in [2.05, 4.69) is 36.4 Å². The molecule has 238 valence electrons. The highest BCUT2D eigenvalue weighted by molar-refractivity contribution is 6.34. The molecule has 0 unspecified atom stereocenters. The van der Waals surface area contributed by atoms with Gasteiger partial charge in [0.15, 0.2) is 0 Å². The molecular weight excluding hydrogens is 643 g/mol. The minimum atomic E-state index is 0.720. The molecule has 9 rings (SSSR count). The number of ether oxygens (including phenoxy) is 1. The summed E-state index contributed by atoms with van der Waals surface area (Å²) in [7, 11) is 0. The molecule has 0 bridgehead atoms. The number of halogens is 2. The van der Waals surface area contributed by atoms with Crippen molar-refractivity contribution in [3.63, 3.8) is 0 Å². The predicted octanol–water partition coefficient (Wildman–Crippen LogP) is 13.6. The van der Waals surface area contributed by atoms with Crippen molar-refractivity contribution >= 4 is 44.7 Å². The Bertz CT molecular complexity index is 2420. The molecule has 0 fully saturated rings. The van der Waals surface area contributed by atoms with E-state index in [0.29, 0.717) is 0 Å². The third kappa shape index (κ3) is 6.15. The lowest BCUT2D eigenvalue weighted by Crippen LogP contribution is -1.99. The molecule has 0 spiro atoms. The van der Waals surface area contributed by atoms with Crippen molar-refractivity contribution in [1.82, 2.24) is 9.97 Å². The van der Waals surface area contributed by atoms with E-state index in [4.69, 9.17) is 37.9 Å². The van der Waals surface area contributed by atoms with E-state index in [1.807, 2.05) is 135 Å². The summed E-state index contributed by atoms with van der Waals surface area (Å²) >= 11 is 12.8. The van der Waals surface area contributed by atoms with E-state index < -0.39 is 0 Å². The molecule has 0 atom stereocenters. The second kappa shape index (κ2) is 14.3. The molecule has 3 heterocycles. The maximum absolute atomic E-state index is 6.41. The molecule has 2 aromatic heterocycles. The monoisotopic (exact) mass is 674 g/mol. The van der Waals surface area contributed by atoms with Gasteiger partial charge in [-0.3, -0.25) is 9.97 Å². The molecule has 1 aliphatic heterocycles. The van der Waals surface area contributed by atoms with Gasteiger partial charge in [-0.05, 0) is 41.1 Å². The second-order valence-electron chi connectivity index (χ2n) is 11.2. The quantitative estimate of drug-likeness (QED) is 0.187. The van der Waals surface area contributed by atoms with Crippen LogP contribution in [0.5, 0.6) is 11.5 Å². The summed E-state index contributed by atoms with van der Waals surface area (Å²) < 4.78 is 6.10. The topological polar surface area (TPSA) is 35.0 Å². The number of rotatable bonds is 3. The molecule has 3 nitrogen and oxygen atoms in total. The zero-order chi connectivity index (χ0) is 33.7. The standard InChI is InChI=1S/C21H12ClNO.C21H14ClN.C2H6/c22-17-9-3-1-6-13(17)16-12-23-21-15-7-2-4-10-18(15)24-19-11-5-8-14(16)20(19)21;22-20-13-7-6-11-17(20)19-14-23-21(15-8-2-1-3-9-15)18-12-5-4-10-16(18)19;1-2/h1-12H;1-14H;1-2H3. The van der Waals surface area contributed by atoms with Crippen LogP contribution in [0.3, 0.4) is 0 Å². The van der Waals surface area contributed by atoms with Gasteiger partial charge in [0.1, 0.15) is 11.5 Å². The Balaban J connectivity index is 0.000000147. The summed E-state index contributed by atoms with van der Waals surface area (Å²) in [5, 5.41) is 5.89. The summed E-state index contributed by atoms with van der Waals surface area (Å²) in [5.41, 5.74) is 8.17. The maximum Gasteiger partial charge on any atom is 0.137 e. The van der Waals surface area contributed by atoms with E-state index in [1.165, 1.54) is 0 Å². The fourth-order valence-corrected chi connectivity index (χ4v) is 6.70. The molecule has 49 heavy (non-hydrogen) atoms. The van der Waals surface area contributed by atoms with Crippen molar-refractivity contribution in [2.45, 2.75) is 13.8 Å². The first-order valence-corrected chi connectivity index (χ1v) is 17.0. The Labute approximate surface area is 296 Å². The highest BCUT2D eigenvalue weighted by atomic mass is 35.5. The Hall–Kier alpha value is -5.48. The Morgan fingerprint density at radius 3 is 1.57 bits per heavy atom. The maximum atomic E-state index is 6.41. The van der Waals surface area contributed by atoms with Crippen molar-refractivity contribution in [3.05, 3.63) is 168 Å². The number of aromatic nitrogens is 2. The molecule has 1 aliphatic rings. The minimum absolute atomic E-state index is 0.720. The van der Waals surface area contributed by atoms with Crippen molar-refractivity contribution < 1.29 is 4.74 Å². The highest BCUT2D eigenvalue weighted by Crippen LogP contribution is 2.47.